The first-order valence-corrected chi connectivity index (χ1v) is 10.7. The number of benzene rings is 3. The molecule has 29 heavy (non-hydrogen) atoms. The first-order valence-electron chi connectivity index (χ1n) is 9.31. The van der Waals surface area contributed by atoms with Crippen molar-refractivity contribution in [3.05, 3.63) is 95.6 Å². The van der Waals surface area contributed by atoms with Crippen molar-refractivity contribution in [1.29, 1.82) is 0 Å². The number of carbonyl (C=O) groups is 1. The summed E-state index contributed by atoms with van der Waals surface area (Å²) in [6, 6.07) is 22.6. The number of anilines is 1. The van der Waals surface area contributed by atoms with E-state index in [1.165, 1.54) is 11.4 Å². The van der Waals surface area contributed by atoms with Gasteiger partial charge in [-0.2, -0.15) is 0 Å². The minimum absolute atomic E-state index is 0.135. The van der Waals surface area contributed by atoms with Crippen LogP contribution in [0, 0.1) is 6.92 Å². The van der Waals surface area contributed by atoms with Gasteiger partial charge in [0, 0.05) is 12.6 Å². The topological polar surface area (TPSA) is 66.5 Å². The van der Waals surface area contributed by atoms with Crippen molar-refractivity contribution < 1.29 is 13.2 Å². The molecule has 0 radical (unpaired) electrons. The highest BCUT2D eigenvalue weighted by molar-refractivity contribution is 7.92. The highest BCUT2D eigenvalue weighted by Gasteiger charge is 2.21. The zero-order valence-electron chi connectivity index (χ0n) is 16.7. The number of nitrogens with one attached hydrogen (secondary N) is 1. The van der Waals surface area contributed by atoms with Crippen LogP contribution in [-0.2, 0) is 10.0 Å². The quantitative estimate of drug-likeness (QED) is 0.661. The van der Waals surface area contributed by atoms with E-state index >= 15 is 0 Å². The Morgan fingerprint density at radius 3 is 2.10 bits per heavy atom. The maximum absolute atomic E-state index is 12.7. The van der Waals surface area contributed by atoms with Crippen molar-refractivity contribution in [3.8, 4) is 0 Å². The third kappa shape index (κ3) is 4.49. The summed E-state index contributed by atoms with van der Waals surface area (Å²) >= 11 is 0. The molecule has 1 N–H and O–H groups in total. The number of amides is 1. The van der Waals surface area contributed by atoms with Gasteiger partial charge in [-0.3, -0.25) is 9.10 Å². The van der Waals surface area contributed by atoms with Crippen molar-refractivity contribution >= 4 is 21.6 Å². The van der Waals surface area contributed by atoms with Crippen molar-refractivity contribution in [2.24, 2.45) is 0 Å². The largest absolute Gasteiger partial charge is 0.346 e. The van der Waals surface area contributed by atoms with Gasteiger partial charge < -0.3 is 5.32 Å². The van der Waals surface area contributed by atoms with Gasteiger partial charge in [-0.15, -0.1) is 0 Å². The number of hydrogen-bond donors (Lipinski definition) is 1. The second-order valence-electron chi connectivity index (χ2n) is 6.88. The number of hydrogen-bond acceptors (Lipinski definition) is 3. The molecule has 0 spiro atoms. The van der Waals surface area contributed by atoms with Crippen LogP contribution in [0.25, 0.3) is 0 Å². The van der Waals surface area contributed by atoms with E-state index in [0.29, 0.717) is 11.3 Å². The summed E-state index contributed by atoms with van der Waals surface area (Å²) in [5.74, 6) is -0.208. The van der Waals surface area contributed by atoms with Crippen LogP contribution in [0.5, 0.6) is 0 Å². The Morgan fingerprint density at radius 1 is 0.897 bits per heavy atom. The predicted octanol–water partition coefficient (Wildman–Crippen LogP) is 4.31. The van der Waals surface area contributed by atoms with Crippen LogP contribution in [0.15, 0.2) is 83.8 Å². The lowest BCUT2D eigenvalue weighted by Crippen LogP contribution is -2.28. The van der Waals surface area contributed by atoms with Crippen LogP contribution in [-0.4, -0.2) is 21.4 Å². The van der Waals surface area contributed by atoms with Crippen LogP contribution in [0.1, 0.15) is 34.5 Å². The minimum Gasteiger partial charge on any atom is -0.346 e. The Kier molecular flexibility index (Phi) is 6.03. The van der Waals surface area contributed by atoms with Gasteiger partial charge in [0.2, 0.25) is 0 Å². The second kappa shape index (κ2) is 8.49. The molecule has 3 aromatic rings. The van der Waals surface area contributed by atoms with E-state index in [4.69, 9.17) is 0 Å². The number of rotatable bonds is 6. The van der Waals surface area contributed by atoms with Gasteiger partial charge in [0.25, 0.3) is 15.9 Å². The molecule has 0 unspecified atom stereocenters. The Bertz CT molecular complexity index is 1090. The van der Waals surface area contributed by atoms with Crippen LogP contribution in [0.4, 0.5) is 5.69 Å². The average molecular weight is 409 g/mol. The fraction of sp³-hybridized carbons (Fsp3) is 0.174. The summed E-state index contributed by atoms with van der Waals surface area (Å²) in [7, 11) is -2.15. The lowest BCUT2D eigenvalue weighted by atomic mass is 10.0. The Labute approximate surface area is 172 Å². The van der Waals surface area contributed by atoms with E-state index in [9.17, 15) is 13.2 Å². The molecule has 1 amide bonds. The van der Waals surface area contributed by atoms with Gasteiger partial charge in [0.1, 0.15) is 0 Å². The number of nitrogens with zero attached hydrogens (tertiary/aromatic N) is 1. The zero-order chi connectivity index (χ0) is 21.0. The Balaban J connectivity index is 1.74. The van der Waals surface area contributed by atoms with E-state index in [0.717, 1.165) is 11.1 Å². The molecule has 0 saturated carbocycles. The molecule has 5 nitrogen and oxygen atoms in total. The van der Waals surface area contributed by atoms with Crippen molar-refractivity contribution in [3.63, 3.8) is 0 Å². The molecule has 0 saturated heterocycles. The molecule has 3 aromatic carbocycles. The van der Waals surface area contributed by atoms with Crippen LogP contribution < -0.4 is 9.62 Å². The van der Waals surface area contributed by atoms with Gasteiger partial charge in [-0.05, 0) is 61.4 Å². The van der Waals surface area contributed by atoms with E-state index in [-0.39, 0.29) is 16.8 Å². The van der Waals surface area contributed by atoms with E-state index in [1.807, 2.05) is 38.1 Å². The standard InChI is InChI=1S/C23H24N2O3S/c1-17-9-7-8-12-22(17)18(2)24-23(26)19-13-15-20(16-14-19)25(3)29(27,28)21-10-5-4-6-11-21/h4-16,18H,1-3H3,(H,24,26)/t18-/m0/s1. The molecule has 0 fully saturated rings. The molecule has 150 valence electrons. The maximum atomic E-state index is 12.7. The summed E-state index contributed by atoms with van der Waals surface area (Å²) in [5, 5.41) is 2.99. The highest BCUT2D eigenvalue weighted by atomic mass is 32.2. The molecule has 0 aliphatic heterocycles. The molecule has 0 heterocycles. The van der Waals surface area contributed by atoms with Gasteiger partial charge in [-0.25, -0.2) is 8.42 Å². The third-order valence-corrected chi connectivity index (χ3v) is 6.70. The van der Waals surface area contributed by atoms with Gasteiger partial charge in [0.15, 0.2) is 0 Å². The molecular formula is C23H24N2O3S. The molecule has 6 heteroatoms. The van der Waals surface area contributed by atoms with Crippen molar-refractivity contribution in [2.45, 2.75) is 24.8 Å². The van der Waals surface area contributed by atoms with Crippen LogP contribution in [0.3, 0.4) is 0 Å². The summed E-state index contributed by atoms with van der Waals surface area (Å²) in [6.07, 6.45) is 0. The molecule has 0 aliphatic rings. The minimum atomic E-state index is -3.65. The van der Waals surface area contributed by atoms with Crippen molar-refractivity contribution in [2.75, 3.05) is 11.4 Å². The van der Waals surface area contributed by atoms with Gasteiger partial charge in [-0.1, -0.05) is 42.5 Å². The normalized spacial score (nSPS) is 12.2. The smallest absolute Gasteiger partial charge is 0.264 e. The summed E-state index contributed by atoms with van der Waals surface area (Å²) in [4.78, 5) is 12.8. The lowest BCUT2D eigenvalue weighted by Gasteiger charge is -2.20. The average Bonchev–Trinajstić information content (AvgIpc) is 2.74. The van der Waals surface area contributed by atoms with Gasteiger partial charge >= 0.3 is 0 Å². The Hall–Kier alpha value is -3.12. The Morgan fingerprint density at radius 2 is 1.48 bits per heavy atom. The highest BCUT2D eigenvalue weighted by Crippen LogP contribution is 2.23. The fourth-order valence-electron chi connectivity index (χ4n) is 3.14. The van der Waals surface area contributed by atoms with Crippen LogP contribution >= 0.6 is 0 Å². The fourth-order valence-corrected chi connectivity index (χ4v) is 4.36. The first kappa shape index (κ1) is 20.6. The zero-order valence-corrected chi connectivity index (χ0v) is 17.5. The predicted molar refractivity (Wildman–Crippen MR) is 116 cm³/mol. The van der Waals surface area contributed by atoms with Crippen molar-refractivity contribution in [1.82, 2.24) is 5.32 Å². The molecule has 3 rings (SSSR count). The monoisotopic (exact) mass is 408 g/mol. The van der Waals surface area contributed by atoms with E-state index in [2.05, 4.69) is 5.32 Å². The maximum Gasteiger partial charge on any atom is 0.264 e. The summed E-state index contributed by atoms with van der Waals surface area (Å²) in [5.41, 5.74) is 3.13. The summed E-state index contributed by atoms with van der Waals surface area (Å²) in [6.45, 7) is 3.95. The second-order valence-corrected chi connectivity index (χ2v) is 8.85. The van der Waals surface area contributed by atoms with Crippen LogP contribution in [0.2, 0.25) is 0 Å². The third-order valence-electron chi connectivity index (χ3n) is 4.90. The lowest BCUT2D eigenvalue weighted by molar-refractivity contribution is 0.0940. The number of sulfonamides is 1. The van der Waals surface area contributed by atoms with E-state index in [1.54, 1.807) is 54.6 Å². The molecule has 1 atom stereocenters. The van der Waals surface area contributed by atoms with Gasteiger partial charge in [0.05, 0.1) is 16.6 Å². The first-order chi connectivity index (χ1) is 13.8. The molecular weight excluding hydrogens is 384 g/mol. The number of carbonyl (C=O) groups excluding carboxylic acids is 1. The SMILES string of the molecule is Cc1ccccc1[C@H](C)NC(=O)c1ccc(N(C)S(=O)(=O)c2ccccc2)cc1. The van der Waals surface area contributed by atoms with E-state index < -0.39 is 10.0 Å². The molecule has 0 aromatic heterocycles. The molecule has 0 bridgehead atoms. The number of aryl methyl sites for hydroxylation is 1. The summed E-state index contributed by atoms with van der Waals surface area (Å²) < 4.78 is 26.7. The molecule has 0 aliphatic carbocycles.